The number of hydrogen-bond donors (Lipinski definition) is 0. The van der Waals surface area contributed by atoms with Crippen molar-refractivity contribution in [1.82, 2.24) is 0 Å². The molecule has 0 aromatic heterocycles. The molecular formula is C7H15F2O2PS2. The molecule has 1 unspecified atom stereocenters. The van der Waals surface area contributed by atoms with Gasteiger partial charge in [0.1, 0.15) is 0 Å². The summed E-state index contributed by atoms with van der Waals surface area (Å²) in [6.07, 6.45) is -0.206. The van der Waals surface area contributed by atoms with Crippen LogP contribution in [-0.2, 0) is 20.9 Å². The van der Waals surface area contributed by atoms with E-state index >= 15 is 0 Å². The van der Waals surface area contributed by atoms with Gasteiger partial charge < -0.3 is 9.05 Å². The Hall–Kier alpha value is 0.780. The minimum absolute atomic E-state index is 0.206. The Kier molecular flexibility index (Phi) is 6.07. The van der Waals surface area contributed by atoms with Gasteiger partial charge in [0, 0.05) is 18.3 Å². The first-order chi connectivity index (χ1) is 6.18. The van der Waals surface area contributed by atoms with E-state index in [0.717, 1.165) is 6.92 Å². The first kappa shape index (κ1) is 14.8. The Bertz CT molecular complexity index is 218. The zero-order valence-corrected chi connectivity index (χ0v) is 11.1. The molecule has 0 rings (SSSR count). The fourth-order valence-electron chi connectivity index (χ4n) is 0.691. The zero-order chi connectivity index (χ0) is 11.4. The SMILES string of the molecule is CCOP(=S)(OC(C)C)SC(C)(F)F. The van der Waals surface area contributed by atoms with Crippen molar-refractivity contribution >= 4 is 28.9 Å². The van der Waals surface area contributed by atoms with Crippen molar-refractivity contribution in [2.24, 2.45) is 0 Å². The van der Waals surface area contributed by atoms with E-state index in [-0.39, 0.29) is 12.7 Å². The van der Waals surface area contributed by atoms with Crippen LogP contribution in [0.25, 0.3) is 0 Å². The summed E-state index contributed by atoms with van der Waals surface area (Å²) >= 11 is 5.28. The third kappa shape index (κ3) is 7.12. The summed E-state index contributed by atoms with van der Waals surface area (Å²) in [4.78, 5) is 0. The second kappa shape index (κ2) is 5.75. The predicted octanol–water partition coefficient (Wildman–Crippen LogP) is 4.02. The second-order valence-electron chi connectivity index (χ2n) is 2.92. The van der Waals surface area contributed by atoms with Gasteiger partial charge in [0.05, 0.1) is 12.7 Å². The lowest BCUT2D eigenvalue weighted by atomic mass is 10.5. The van der Waals surface area contributed by atoms with E-state index in [1.807, 2.05) is 0 Å². The van der Waals surface area contributed by atoms with Crippen LogP contribution in [0.1, 0.15) is 27.7 Å². The van der Waals surface area contributed by atoms with Gasteiger partial charge >= 0.3 is 0 Å². The highest BCUT2D eigenvalue weighted by molar-refractivity contribution is 8.68. The molecule has 0 spiro atoms. The molecule has 0 heterocycles. The third-order valence-electron chi connectivity index (χ3n) is 0.899. The average Bonchev–Trinajstić information content (AvgIpc) is 1.78. The number of hydrogen-bond acceptors (Lipinski definition) is 4. The molecule has 0 radical (unpaired) electrons. The molecule has 0 N–H and O–H groups in total. The molecule has 86 valence electrons. The number of rotatable bonds is 6. The summed E-state index contributed by atoms with van der Waals surface area (Å²) in [5.74, 6) is 0. The van der Waals surface area contributed by atoms with E-state index < -0.39 is 10.9 Å². The molecule has 0 aliphatic heterocycles. The summed E-state index contributed by atoms with van der Waals surface area (Å²) in [6, 6.07) is 0. The van der Waals surface area contributed by atoms with Crippen LogP contribution in [0.4, 0.5) is 8.78 Å². The lowest BCUT2D eigenvalue weighted by Gasteiger charge is -2.25. The summed E-state index contributed by atoms with van der Waals surface area (Å²) in [5, 5.41) is -2.92. The van der Waals surface area contributed by atoms with Gasteiger partial charge in [-0.25, -0.2) is 0 Å². The van der Waals surface area contributed by atoms with E-state index in [1.165, 1.54) is 0 Å². The number of halogens is 2. The maximum absolute atomic E-state index is 12.8. The second-order valence-corrected chi connectivity index (χ2v) is 9.31. The molecule has 0 saturated heterocycles. The Morgan fingerprint density at radius 2 is 2.00 bits per heavy atom. The van der Waals surface area contributed by atoms with Crippen LogP contribution in [0, 0.1) is 0 Å². The van der Waals surface area contributed by atoms with Crippen LogP contribution in [-0.4, -0.2) is 18.0 Å². The maximum Gasteiger partial charge on any atom is 0.299 e. The van der Waals surface area contributed by atoms with Crippen molar-refractivity contribution in [3.8, 4) is 0 Å². The smallest absolute Gasteiger partial charge is 0.299 e. The highest BCUT2D eigenvalue weighted by atomic mass is 32.9. The monoisotopic (exact) mass is 264 g/mol. The molecule has 0 aliphatic rings. The molecule has 0 aromatic rings. The van der Waals surface area contributed by atoms with Crippen molar-refractivity contribution in [2.75, 3.05) is 6.61 Å². The van der Waals surface area contributed by atoms with Crippen molar-refractivity contribution in [2.45, 2.75) is 39.1 Å². The highest BCUT2D eigenvalue weighted by Crippen LogP contribution is 2.66. The molecule has 14 heavy (non-hydrogen) atoms. The molecule has 0 bridgehead atoms. The van der Waals surface area contributed by atoms with E-state index in [9.17, 15) is 8.78 Å². The Morgan fingerprint density at radius 1 is 1.50 bits per heavy atom. The van der Waals surface area contributed by atoms with E-state index in [4.69, 9.17) is 20.9 Å². The fourth-order valence-corrected chi connectivity index (χ4v) is 6.38. The first-order valence-corrected chi connectivity index (χ1v) is 8.26. The van der Waals surface area contributed by atoms with Crippen molar-refractivity contribution in [3.63, 3.8) is 0 Å². The lowest BCUT2D eigenvalue weighted by Crippen LogP contribution is -2.07. The van der Waals surface area contributed by atoms with Crippen LogP contribution < -0.4 is 0 Å². The van der Waals surface area contributed by atoms with Crippen molar-refractivity contribution < 1.29 is 17.8 Å². The van der Waals surface area contributed by atoms with Crippen LogP contribution in [0.5, 0.6) is 0 Å². The van der Waals surface area contributed by atoms with Gasteiger partial charge in [-0.2, -0.15) is 8.78 Å². The molecule has 7 heteroatoms. The van der Waals surface area contributed by atoms with Crippen molar-refractivity contribution in [3.05, 3.63) is 0 Å². The molecule has 0 fully saturated rings. The van der Waals surface area contributed by atoms with Gasteiger partial charge in [0.15, 0.2) is 0 Å². The van der Waals surface area contributed by atoms with Gasteiger partial charge in [-0.3, -0.25) is 0 Å². The quantitative estimate of drug-likeness (QED) is 0.674. The fraction of sp³-hybridized carbons (Fsp3) is 1.00. The van der Waals surface area contributed by atoms with E-state index in [2.05, 4.69) is 0 Å². The zero-order valence-electron chi connectivity index (χ0n) is 8.62. The van der Waals surface area contributed by atoms with E-state index in [1.54, 1.807) is 20.8 Å². The average molecular weight is 264 g/mol. The molecular weight excluding hydrogens is 249 g/mol. The normalized spacial score (nSPS) is 17.1. The topological polar surface area (TPSA) is 18.5 Å². The molecule has 2 nitrogen and oxygen atoms in total. The van der Waals surface area contributed by atoms with Gasteiger partial charge in [0.2, 0.25) is 0 Å². The molecule has 0 aromatic carbocycles. The van der Waals surface area contributed by atoms with Crippen LogP contribution in [0.15, 0.2) is 0 Å². The minimum atomic E-state index is -2.92. The molecule has 0 aliphatic carbocycles. The van der Waals surface area contributed by atoms with E-state index in [0.29, 0.717) is 11.4 Å². The summed E-state index contributed by atoms with van der Waals surface area (Å²) in [5.41, 5.74) is -2.90. The van der Waals surface area contributed by atoms with Crippen LogP contribution in [0.2, 0.25) is 0 Å². The molecule has 1 atom stereocenters. The Morgan fingerprint density at radius 3 is 2.29 bits per heavy atom. The van der Waals surface area contributed by atoms with Crippen LogP contribution in [0.3, 0.4) is 0 Å². The molecule has 0 amide bonds. The largest absolute Gasteiger partial charge is 0.322 e. The van der Waals surface area contributed by atoms with Crippen molar-refractivity contribution in [1.29, 1.82) is 0 Å². The van der Waals surface area contributed by atoms with Gasteiger partial charge in [-0.1, -0.05) is 0 Å². The van der Waals surface area contributed by atoms with Gasteiger partial charge in [-0.15, -0.1) is 0 Å². The summed E-state index contributed by atoms with van der Waals surface area (Å²) in [6.45, 7) is 6.27. The minimum Gasteiger partial charge on any atom is -0.322 e. The van der Waals surface area contributed by atoms with Gasteiger partial charge in [-0.05, 0) is 32.6 Å². The molecule has 0 saturated carbocycles. The van der Waals surface area contributed by atoms with Gasteiger partial charge in [0.25, 0.3) is 10.9 Å². The Labute approximate surface area is 92.7 Å². The predicted molar refractivity (Wildman–Crippen MR) is 60.3 cm³/mol. The third-order valence-corrected chi connectivity index (χ3v) is 6.15. The summed E-state index contributed by atoms with van der Waals surface area (Å²) in [7, 11) is 0. The maximum atomic E-state index is 12.8. The number of alkyl halides is 2. The summed E-state index contributed by atoms with van der Waals surface area (Å²) < 4.78 is 35.9. The standard InChI is InChI=1S/C7H15F2O2PS2/c1-5-10-12(13,11-6(2)3)14-7(4,8)9/h6H,5H2,1-4H3. The van der Waals surface area contributed by atoms with Crippen LogP contribution >= 0.6 is 17.1 Å². The lowest BCUT2D eigenvalue weighted by molar-refractivity contribution is 0.129. The first-order valence-electron chi connectivity index (χ1n) is 4.20. The Balaban J connectivity index is 4.48. The highest BCUT2D eigenvalue weighted by Gasteiger charge is 2.35.